The molecule has 0 aliphatic rings. The maximum atomic E-state index is 12.7. The van der Waals surface area contributed by atoms with Crippen LogP contribution in [0.4, 0.5) is 5.13 Å². The van der Waals surface area contributed by atoms with E-state index in [4.69, 9.17) is 21.7 Å². The minimum Gasteiger partial charge on any atom is -0.496 e. The van der Waals surface area contributed by atoms with Gasteiger partial charge in [-0.05, 0) is 55.4 Å². The summed E-state index contributed by atoms with van der Waals surface area (Å²) in [5, 5.41) is 6.41. The lowest BCUT2D eigenvalue weighted by Crippen LogP contribution is -2.34. The fourth-order valence-electron chi connectivity index (χ4n) is 2.79. The minimum atomic E-state index is -0.421. The van der Waals surface area contributed by atoms with E-state index in [2.05, 4.69) is 27.8 Å². The first-order valence-corrected chi connectivity index (χ1v) is 9.36. The highest BCUT2D eigenvalue weighted by atomic mass is 32.1. The summed E-state index contributed by atoms with van der Waals surface area (Å²) < 4.78 is 11.6. The van der Waals surface area contributed by atoms with Crippen molar-refractivity contribution in [3.63, 3.8) is 0 Å². The van der Waals surface area contributed by atoms with Gasteiger partial charge < -0.3 is 14.8 Å². The summed E-state index contributed by atoms with van der Waals surface area (Å²) in [6.07, 6.45) is 0. The predicted octanol–water partition coefficient (Wildman–Crippen LogP) is 4.06. The van der Waals surface area contributed by atoms with E-state index in [0.29, 0.717) is 16.6 Å². The molecule has 2 N–H and O–H groups in total. The average Bonchev–Trinajstić information content (AvgIpc) is 3.03. The van der Waals surface area contributed by atoms with Crippen LogP contribution in [0.1, 0.15) is 21.5 Å². The zero-order valence-electron chi connectivity index (χ0n) is 15.4. The van der Waals surface area contributed by atoms with Crippen LogP contribution in [0.5, 0.6) is 11.5 Å². The number of amides is 1. The number of hydrogen-bond donors (Lipinski definition) is 2. The van der Waals surface area contributed by atoms with Crippen LogP contribution in [0.3, 0.4) is 0 Å². The zero-order valence-corrected chi connectivity index (χ0v) is 17.0. The van der Waals surface area contributed by atoms with Gasteiger partial charge in [0.15, 0.2) is 10.2 Å². The molecule has 0 saturated heterocycles. The molecule has 8 heteroatoms. The summed E-state index contributed by atoms with van der Waals surface area (Å²) in [5.74, 6) is 0.386. The van der Waals surface area contributed by atoms with Gasteiger partial charge in [-0.25, -0.2) is 4.98 Å². The number of anilines is 1. The van der Waals surface area contributed by atoms with Crippen LogP contribution in [0.15, 0.2) is 30.3 Å². The van der Waals surface area contributed by atoms with Crippen LogP contribution in [-0.4, -0.2) is 30.2 Å². The van der Waals surface area contributed by atoms with E-state index in [9.17, 15) is 4.79 Å². The number of thiazole rings is 1. The first-order valence-electron chi connectivity index (χ1n) is 8.14. The Hall–Kier alpha value is -2.71. The summed E-state index contributed by atoms with van der Waals surface area (Å²) >= 11 is 6.76. The fraction of sp³-hybridized carbons (Fsp3) is 0.211. The largest absolute Gasteiger partial charge is 0.496 e. The molecule has 1 amide bonds. The van der Waals surface area contributed by atoms with Gasteiger partial charge in [0.2, 0.25) is 0 Å². The molecule has 0 spiro atoms. The molecule has 0 atom stereocenters. The summed E-state index contributed by atoms with van der Waals surface area (Å²) in [7, 11) is 2.99. The van der Waals surface area contributed by atoms with Crippen molar-refractivity contribution in [3.05, 3.63) is 47.0 Å². The number of nitrogens with zero attached hydrogens (tertiary/aromatic N) is 1. The van der Waals surface area contributed by atoms with Gasteiger partial charge in [-0.2, -0.15) is 0 Å². The van der Waals surface area contributed by atoms with Gasteiger partial charge in [-0.3, -0.25) is 10.1 Å². The van der Waals surface area contributed by atoms with Crippen molar-refractivity contribution in [2.24, 2.45) is 0 Å². The quantitative estimate of drug-likeness (QED) is 0.643. The number of carbonyl (C=O) groups is 1. The number of hydrogen-bond acceptors (Lipinski definition) is 6. The van der Waals surface area contributed by atoms with Gasteiger partial charge in [0.05, 0.1) is 24.4 Å². The van der Waals surface area contributed by atoms with Crippen molar-refractivity contribution in [1.29, 1.82) is 0 Å². The smallest absolute Gasteiger partial charge is 0.264 e. The number of fused-ring (bicyclic) bond motifs is 1. The van der Waals surface area contributed by atoms with Gasteiger partial charge in [-0.1, -0.05) is 23.5 Å². The molecule has 3 rings (SSSR count). The fourth-order valence-corrected chi connectivity index (χ4v) is 4.09. The van der Waals surface area contributed by atoms with Crippen LogP contribution >= 0.6 is 23.6 Å². The molecule has 0 bridgehead atoms. The maximum absolute atomic E-state index is 12.7. The number of aromatic nitrogens is 1. The Kier molecular flexibility index (Phi) is 5.57. The first kappa shape index (κ1) is 19.1. The minimum absolute atomic E-state index is 0.154. The second-order valence-electron chi connectivity index (χ2n) is 5.89. The molecule has 0 unspecified atom stereocenters. The second-order valence-corrected chi connectivity index (χ2v) is 7.33. The van der Waals surface area contributed by atoms with E-state index in [1.165, 1.54) is 31.1 Å². The number of rotatable bonds is 4. The summed E-state index contributed by atoms with van der Waals surface area (Å²) in [5.41, 5.74) is 3.48. The summed E-state index contributed by atoms with van der Waals surface area (Å²) in [4.78, 5) is 17.2. The number of thiocarbonyl (C=S) groups is 1. The van der Waals surface area contributed by atoms with Crippen molar-refractivity contribution in [2.45, 2.75) is 13.8 Å². The number of ether oxygens (including phenoxy) is 2. The standard InChI is InChI=1S/C19H19N3O3S2/c1-10-8-11(2)16-14(9-10)27-19(20-16)22-18(26)21-17(23)15-12(24-3)6-5-7-13(15)25-4/h5-9H,1-4H3,(H2,20,21,22,23,26). The third-order valence-corrected chi connectivity index (χ3v) is 5.05. The summed E-state index contributed by atoms with van der Waals surface area (Å²) in [6, 6.07) is 9.28. The molecule has 1 heterocycles. The Labute approximate surface area is 166 Å². The Morgan fingerprint density at radius 3 is 2.44 bits per heavy atom. The van der Waals surface area contributed by atoms with Crippen LogP contribution in [0.2, 0.25) is 0 Å². The molecule has 0 fully saturated rings. The Morgan fingerprint density at radius 1 is 1.15 bits per heavy atom. The van der Waals surface area contributed by atoms with Gasteiger partial charge in [-0.15, -0.1) is 0 Å². The molecule has 3 aromatic rings. The van der Waals surface area contributed by atoms with Crippen LogP contribution in [0.25, 0.3) is 10.2 Å². The molecule has 1 aromatic heterocycles. The van der Waals surface area contributed by atoms with Crippen LogP contribution < -0.4 is 20.1 Å². The molecule has 0 aliphatic carbocycles. The van der Waals surface area contributed by atoms with E-state index in [1.807, 2.05) is 13.8 Å². The van der Waals surface area contributed by atoms with E-state index in [0.717, 1.165) is 15.8 Å². The monoisotopic (exact) mass is 401 g/mol. The third kappa shape index (κ3) is 4.01. The Morgan fingerprint density at radius 2 is 1.81 bits per heavy atom. The number of carbonyl (C=O) groups excluding carboxylic acids is 1. The average molecular weight is 402 g/mol. The van der Waals surface area contributed by atoms with E-state index >= 15 is 0 Å². The molecule has 2 aromatic carbocycles. The van der Waals surface area contributed by atoms with Crippen molar-refractivity contribution < 1.29 is 14.3 Å². The highest BCUT2D eigenvalue weighted by Gasteiger charge is 2.19. The van der Waals surface area contributed by atoms with Gasteiger partial charge in [0, 0.05) is 0 Å². The number of methoxy groups -OCH3 is 2. The Balaban J connectivity index is 1.79. The number of benzene rings is 2. The van der Waals surface area contributed by atoms with Gasteiger partial charge >= 0.3 is 0 Å². The zero-order chi connectivity index (χ0) is 19.6. The molecule has 0 saturated carbocycles. The molecule has 6 nitrogen and oxygen atoms in total. The van der Waals surface area contributed by atoms with E-state index in [-0.39, 0.29) is 10.7 Å². The lowest BCUT2D eigenvalue weighted by Gasteiger charge is -2.13. The molecule has 140 valence electrons. The number of aryl methyl sites for hydroxylation is 2. The van der Waals surface area contributed by atoms with Crippen molar-refractivity contribution in [2.75, 3.05) is 19.5 Å². The lowest BCUT2D eigenvalue weighted by molar-refractivity contribution is 0.0971. The highest BCUT2D eigenvalue weighted by Crippen LogP contribution is 2.30. The van der Waals surface area contributed by atoms with E-state index in [1.54, 1.807) is 18.2 Å². The number of nitrogens with one attached hydrogen (secondary N) is 2. The van der Waals surface area contributed by atoms with Gasteiger partial charge in [0.25, 0.3) is 5.91 Å². The van der Waals surface area contributed by atoms with Crippen molar-refractivity contribution >= 4 is 49.9 Å². The molecule has 0 radical (unpaired) electrons. The predicted molar refractivity (Wildman–Crippen MR) is 112 cm³/mol. The lowest BCUT2D eigenvalue weighted by atomic mass is 10.1. The third-order valence-electron chi connectivity index (χ3n) is 3.93. The van der Waals surface area contributed by atoms with Crippen molar-refractivity contribution in [1.82, 2.24) is 10.3 Å². The normalized spacial score (nSPS) is 10.5. The molecular formula is C19H19N3O3S2. The maximum Gasteiger partial charge on any atom is 0.264 e. The highest BCUT2D eigenvalue weighted by molar-refractivity contribution is 7.80. The van der Waals surface area contributed by atoms with E-state index < -0.39 is 5.91 Å². The van der Waals surface area contributed by atoms with Crippen LogP contribution in [0, 0.1) is 13.8 Å². The SMILES string of the molecule is COc1cccc(OC)c1C(=O)NC(=S)Nc1nc2c(C)cc(C)cc2s1. The Bertz CT molecular complexity index is 1010. The second kappa shape index (κ2) is 7.89. The summed E-state index contributed by atoms with van der Waals surface area (Å²) in [6.45, 7) is 4.07. The first-order chi connectivity index (χ1) is 12.9. The van der Waals surface area contributed by atoms with Crippen LogP contribution in [-0.2, 0) is 0 Å². The van der Waals surface area contributed by atoms with Gasteiger partial charge in [0.1, 0.15) is 17.1 Å². The van der Waals surface area contributed by atoms with Crippen molar-refractivity contribution in [3.8, 4) is 11.5 Å². The topological polar surface area (TPSA) is 72.5 Å². The molecule has 0 aliphatic heterocycles. The molecular weight excluding hydrogens is 382 g/mol. The molecule has 27 heavy (non-hydrogen) atoms.